The van der Waals surface area contributed by atoms with Gasteiger partial charge in [0.15, 0.2) is 0 Å². The molecular weight excluding hydrogens is 351 g/mol. The van der Waals surface area contributed by atoms with Crippen LogP contribution in [0, 0.1) is 0 Å². The van der Waals surface area contributed by atoms with Crippen LogP contribution in [0.2, 0.25) is 0 Å². The topological polar surface area (TPSA) is 12.2 Å². The highest BCUT2D eigenvalue weighted by atomic mass is 19.4. The van der Waals surface area contributed by atoms with Crippen molar-refractivity contribution in [1.29, 1.82) is 0 Å². The smallest absolute Gasteiger partial charge is 0.406 e. The Kier molecular flexibility index (Phi) is 4.40. The molecule has 138 valence electrons. The maximum Gasteiger partial charge on any atom is 0.573 e. The first kappa shape index (κ1) is 17.6. The highest BCUT2D eigenvalue weighted by Gasteiger charge is 2.54. The SMILES string of the molecule is FC(F)(F)Oc1ccc(CN2CC2(c2ccccc2)c2ccccc2)cc1. The Morgan fingerprint density at radius 2 is 1.30 bits per heavy atom. The lowest BCUT2D eigenvalue weighted by Crippen LogP contribution is -2.18. The van der Waals surface area contributed by atoms with Crippen LogP contribution in [0.5, 0.6) is 5.75 Å². The van der Waals surface area contributed by atoms with Crippen LogP contribution in [0.3, 0.4) is 0 Å². The van der Waals surface area contributed by atoms with Gasteiger partial charge in [0, 0.05) is 13.1 Å². The molecule has 27 heavy (non-hydrogen) atoms. The molecule has 1 saturated heterocycles. The summed E-state index contributed by atoms with van der Waals surface area (Å²) in [6.07, 6.45) is -4.67. The van der Waals surface area contributed by atoms with Gasteiger partial charge in [0.05, 0.1) is 5.54 Å². The van der Waals surface area contributed by atoms with E-state index in [1.807, 2.05) is 36.4 Å². The van der Waals surface area contributed by atoms with Crippen molar-refractivity contribution in [3.8, 4) is 5.75 Å². The lowest BCUT2D eigenvalue weighted by atomic mass is 9.91. The monoisotopic (exact) mass is 369 g/mol. The molecule has 0 N–H and O–H groups in total. The van der Waals surface area contributed by atoms with Gasteiger partial charge in [-0.25, -0.2) is 0 Å². The highest BCUT2D eigenvalue weighted by Crippen LogP contribution is 2.49. The Labute approximate surface area is 155 Å². The lowest BCUT2D eigenvalue weighted by Gasteiger charge is -2.19. The molecule has 1 atom stereocenters. The van der Waals surface area contributed by atoms with Crippen LogP contribution in [0.15, 0.2) is 84.9 Å². The van der Waals surface area contributed by atoms with Crippen molar-refractivity contribution in [1.82, 2.24) is 4.90 Å². The molecule has 0 amide bonds. The minimum atomic E-state index is -4.67. The summed E-state index contributed by atoms with van der Waals surface area (Å²) in [5, 5.41) is 0. The van der Waals surface area contributed by atoms with Crippen LogP contribution in [0.4, 0.5) is 13.2 Å². The summed E-state index contributed by atoms with van der Waals surface area (Å²) in [6.45, 7) is 1.51. The molecule has 1 aliphatic heterocycles. The van der Waals surface area contributed by atoms with E-state index in [2.05, 4.69) is 33.9 Å². The zero-order valence-electron chi connectivity index (χ0n) is 14.5. The Morgan fingerprint density at radius 1 is 0.778 bits per heavy atom. The zero-order chi connectivity index (χ0) is 18.9. The van der Waals surface area contributed by atoms with Gasteiger partial charge in [-0.3, -0.25) is 4.90 Å². The lowest BCUT2D eigenvalue weighted by molar-refractivity contribution is -0.274. The number of halogens is 3. The minimum Gasteiger partial charge on any atom is -0.406 e. The molecule has 5 heteroatoms. The van der Waals surface area contributed by atoms with Crippen molar-refractivity contribution in [2.75, 3.05) is 6.54 Å². The van der Waals surface area contributed by atoms with Gasteiger partial charge in [-0.1, -0.05) is 72.8 Å². The molecule has 2 nitrogen and oxygen atoms in total. The number of nitrogens with zero attached hydrogens (tertiary/aromatic N) is 1. The van der Waals surface area contributed by atoms with E-state index < -0.39 is 6.36 Å². The van der Waals surface area contributed by atoms with Gasteiger partial charge in [-0.2, -0.15) is 0 Å². The van der Waals surface area contributed by atoms with Crippen LogP contribution in [0.25, 0.3) is 0 Å². The summed E-state index contributed by atoms with van der Waals surface area (Å²) >= 11 is 0. The van der Waals surface area contributed by atoms with Crippen molar-refractivity contribution >= 4 is 0 Å². The number of hydrogen-bond donors (Lipinski definition) is 0. The van der Waals surface area contributed by atoms with Gasteiger partial charge < -0.3 is 4.74 Å². The van der Waals surface area contributed by atoms with Crippen molar-refractivity contribution in [3.05, 3.63) is 102 Å². The van der Waals surface area contributed by atoms with E-state index in [9.17, 15) is 13.2 Å². The van der Waals surface area contributed by atoms with Crippen molar-refractivity contribution in [3.63, 3.8) is 0 Å². The van der Waals surface area contributed by atoms with Gasteiger partial charge in [0.2, 0.25) is 0 Å². The second kappa shape index (κ2) is 6.74. The third-order valence-electron chi connectivity index (χ3n) is 4.89. The largest absolute Gasteiger partial charge is 0.573 e. The second-order valence-electron chi connectivity index (χ2n) is 6.64. The molecular formula is C22H18F3NO. The number of benzene rings is 3. The van der Waals surface area contributed by atoms with E-state index in [0.29, 0.717) is 6.54 Å². The van der Waals surface area contributed by atoms with Crippen molar-refractivity contribution in [2.24, 2.45) is 0 Å². The molecule has 1 unspecified atom stereocenters. The average Bonchev–Trinajstić information content (AvgIpc) is 3.39. The van der Waals surface area contributed by atoms with Gasteiger partial charge >= 0.3 is 6.36 Å². The molecule has 1 fully saturated rings. The predicted octanol–water partition coefficient (Wildman–Crippen LogP) is 5.34. The van der Waals surface area contributed by atoms with Crippen LogP contribution in [0.1, 0.15) is 16.7 Å². The third kappa shape index (κ3) is 3.69. The summed E-state index contributed by atoms with van der Waals surface area (Å²) in [4.78, 5) is 2.32. The van der Waals surface area contributed by atoms with Crippen LogP contribution >= 0.6 is 0 Å². The Balaban J connectivity index is 1.56. The standard InChI is InChI=1S/C22H18F3NO/c23-22(24,25)27-20-13-11-17(12-14-20)15-26-16-21(26,18-7-3-1-4-8-18)19-9-5-2-6-10-19/h1-14H,15-16H2. The molecule has 0 saturated carbocycles. The Hall–Kier alpha value is -2.79. The van der Waals surface area contributed by atoms with Crippen LogP contribution in [-0.4, -0.2) is 17.8 Å². The zero-order valence-corrected chi connectivity index (χ0v) is 14.5. The Bertz CT molecular complexity index is 853. The normalized spacial score (nSPS) is 18.1. The number of rotatable bonds is 5. The van der Waals surface area contributed by atoms with Gasteiger partial charge in [-0.05, 0) is 28.8 Å². The fraction of sp³-hybridized carbons (Fsp3) is 0.182. The molecule has 0 aliphatic carbocycles. The molecule has 1 heterocycles. The molecule has 0 aromatic heterocycles. The van der Waals surface area contributed by atoms with E-state index in [4.69, 9.17) is 0 Å². The number of ether oxygens (including phenoxy) is 1. The Morgan fingerprint density at radius 3 is 1.78 bits per heavy atom. The fourth-order valence-electron chi connectivity index (χ4n) is 3.59. The first-order valence-corrected chi connectivity index (χ1v) is 8.68. The second-order valence-corrected chi connectivity index (χ2v) is 6.64. The average molecular weight is 369 g/mol. The first-order chi connectivity index (χ1) is 13.0. The molecule has 0 radical (unpaired) electrons. The van der Waals surface area contributed by atoms with Crippen molar-refractivity contribution in [2.45, 2.75) is 18.4 Å². The van der Waals surface area contributed by atoms with E-state index in [1.165, 1.54) is 23.3 Å². The quantitative estimate of drug-likeness (QED) is 0.563. The van der Waals surface area contributed by atoms with Gasteiger partial charge in [0.25, 0.3) is 0 Å². The number of hydrogen-bond acceptors (Lipinski definition) is 2. The third-order valence-corrected chi connectivity index (χ3v) is 4.89. The molecule has 4 rings (SSSR count). The minimum absolute atomic E-state index is 0.191. The van der Waals surface area contributed by atoms with E-state index >= 15 is 0 Å². The van der Waals surface area contributed by atoms with Crippen LogP contribution in [-0.2, 0) is 12.1 Å². The van der Waals surface area contributed by atoms with E-state index in [1.54, 1.807) is 12.1 Å². The number of alkyl halides is 3. The maximum atomic E-state index is 12.3. The summed E-state index contributed by atoms with van der Waals surface area (Å²) in [7, 11) is 0. The fourth-order valence-corrected chi connectivity index (χ4v) is 3.59. The molecule has 0 bridgehead atoms. The summed E-state index contributed by atoms with van der Waals surface area (Å²) in [5.41, 5.74) is 3.18. The summed E-state index contributed by atoms with van der Waals surface area (Å²) in [5.74, 6) is -0.200. The predicted molar refractivity (Wildman–Crippen MR) is 97.2 cm³/mol. The molecule has 1 aliphatic rings. The van der Waals surface area contributed by atoms with Crippen LogP contribution < -0.4 is 4.74 Å². The van der Waals surface area contributed by atoms with Crippen molar-refractivity contribution < 1.29 is 17.9 Å². The molecule has 3 aromatic carbocycles. The highest BCUT2D eigenvalue weighted by molar-refractivity contribution is 5.45. The maximum absolute atomic E-state index is 12.3. The summed E-state index contributed by atoms with van der Waals surface area (Å²) in [6, 6.07) is 26.7. The molecule has 3 aromatic rings. The first-order valence-electron chi connectivity index (χ1n) is 8.68. The van der Waals surface area contributed by atoms with Gasteiger partial charge in [-0.15, -0.1) is 13.2 Å². The molecule has 0 spiro atoms. The summed E-state index contributed by atoms with van der Waals surface area (Å²) < 4.78 is 40.9. The van der Waals surface area contributed by atoms with Gasteiger partial charge in [0.1, 0.15) is 5.75 Å². The van der Waals surface area contributed by atoms with E-state index in [0.717, 1.165) is 12.1 Å². The van der Waals surface area contributed by atoms with E-state index in [-0.39, 0.29) is 11.3 Å².